The molecule has 0 rings (SSSR count). The van der Waals surface area contributed by atoms with Crippen molar-refractivity contribution in [3.8, 4) is 0 Å². The number of rotatable bonds is 5. The Labute approximate surface area is 104 Å². The zero-order valence-corrected chi connectivity index (χ0v) is 11.0. The predicted molar refractivity (Wildman–Crippen MR) is 45.3 cm³/mol. The first-order chi connectivity index (χ1) is 7.70. The molecule has 0 saturated heterocycles. The van der Waals surface area contributed by atoms with Crippen LogP contribution in [0.5, 0.6) is 0 Å². The second-order valence-corrected chi connectivity index (χ2v) is 5.00. The maximum Gasteiger partial charge on any atom is 0.368 e. The molecule has 0 radical (unpaired) electrons. The summed E-state index contributed by atoms with van der Waals surface area (Å²) in [6, 6.07) is 0. The van der Waals surface area contributed by atoms with Crippen LogP contribution in [0.4, 0.5) is 0 Å². The Hall–Kier alpha value is -0.570. The summed E-state index contributed by atoms with van der Waals surface area (Å²) in [7, 11) is 0. The molecular formula is C6H15IN4O6. The van der Waals surface area contributed by atoms with Crippen molar-refractivity contribution in [1.82, 2.24) is 10.9 Å². The third-order valence-electron chi connectivity index (χ3n) is 1.38. The number of hydrogen-bond donors (Lipinski definition) is 5. The van der Waals surface area contributed by atoms with Gasteiger partial charge in [-0.3, -0.25) is 30.7 Å². The molecule has 10 nitrogen and oxygen atoms in total. The lowest BCUT2D eigenvalue weighted by molar-refractivity contribution is -1.92. The summed E-state index contributed by atoms with van der Waals surface area (Å²) < 4.78 is 33.2. The predicted octanol–water partition coefficient (Wildman–Crippen LogP) is -8.59. The SMILES string of the molecule is NNC(=O)CCCCC(=O)NN.[O-][I+3]([O-])([O-])O. The van der Waals surface area contributed by atoms with Crippen molar-refractivity contribution in [2.45, 2.75) is 25.7 Å². The van der Waals surface area contributed by atoms with Gasteiger partial charge in [-0.15, -0.1) is 0 Å². The molecule has 0 aromatic rings. The zero-order chi connectivity index (χ0) is 13.9. The molecule has 0 atom stereocenters. The Kier molecular flexibility index (Phi) is 11.7. The summed E-state index contributed by atoms with van der Waals surface area (Å²) in [5.74, 6) is 9.24. The van der Waals surface area contributed by atoms with Crippen LogP contribution in [-0.4, -0.2) is 15.3 Å². The molecule has 0 aliphatic carbocycles. The fraction of sp³-hybridized carbons (Fsp3) is 0.667. The molecule has 102 valence electrons. The fourth-order valence-corrected chi connectivity index (χ4v) is 0.715. The molecule has 11 heteroatoms. The average molecular weight is 366 g/mol. The summed E-state index contributed by atoms with van der Waals surface area (Å²) in [4.78, 5) is 21.1. The Morgan fingerprint density at radius 1 is 1.00 bits per heavy atom. The van der Waals surface area contributed by atoms with Crippen molar-refractivity contribution < 1.29 is 43.4 Å². The van der Waals surface area contributed by atoms with E-state index in [0.29, 0.717) is 25.7 Å². The molecule has 0 saturated carbocycles. The van der Waals surface area contributed by atoms with Gasteiger partial charge in [-0.2, -0.15) is 0 Å². The van der Waals surface area contributed by atoms with Crippen LogP contribution in [0.25, 0.3) is 0 Å². The number of nitrogens with two attached hydrogens (primary N) is 2. The number of nitrogens with one attached hydrogen (secondary N) is 2. The van der Waals surface area contributed by atoms with Crippen LogP contribution in [-0.2, 0) is 9.59 Å². The first-order valence-electron chi connectivity index (χ1n) is 4.32. The van der Waals surface area contributed by atoms with Gasteiger partial charge in [-0.25, -0.2) is 11.7 Å². The van der Waals surface area contributed by atoms with Crippen LogP contribution in [0.3, 0.4) is 0 Å². The number of hydrazine groups is 2. The quantitative estimate of drug-likeness (QED) is 0.104. The third kappa shape index (κ3) is 25.6. The van der Waals surface area contributed by atoms with Gasteiger partial charge >= 0.3 is 20.1 Å². The summed E-state index contributed by atoms with van der Waals surface area (Å²) in [6.45, 7) is 0. The van der Waals surface area contributed by atoms with E-state index in [0.717, 1.165) is 0 Å². The number of halogens is 1. The molecule has 7 N–H and O–H groups in total. The van der Waals surface area contributed by atoms with E-state index in [2.05, 4.69) is 0 Å². The lowest BCUT2D eigenvalue weighted by Crippen LogP contribution is -4.23. The van der Waals surface area contributed by atoms with Crippen molar-refractivity contribution in [2.24, 2.45) is 11.7 Å². The molecule has 0 bridgehead atoms. The lowest BCUT2D eigenvalue weighted by atomic mass is 10.2. The third-order valence-corrected chi connectivity index (χ3v) is 1.38. The largest absolute Gasteiger partial charge is 0.368 e. The molecule has 0 heterocycles. The number of hydrogen-bond acceptors (Lipinski definition) is 8. The van der Waals surface area contributed by atoms with E-state index in [1.165, 1.54) is 0 Å². The highest BCUT2D eigenvalue weighted by atomic mass is 127. The molecule has 0 aromatic carbocycles. The van der Waals surface area contributed by atoms with E-state index in [4.69, 9.17) is 25.4 Å². The van der Waals surface area contributed by atoms with Crippen LogP contribution < -0.4 is 52.9 Å². The molecule has 2 amide bonds. The van der Waals surface area contributed by atoms with Crippen LogP contribution >= 0.6 is 0 Å². The van der Waals surface area contributed by atoms with E-state index < -0.39 is 20.1 Å². The van der Waals surface area contributed by atoms with Gasteiger partial charge in [0.2, 0.25) is 11.8 Å². The molecule has 0 fully saturated rings. The van der Waals surface area contributed by atoms with E-state index in [-0.39, 0.29) is 11.8 Å². The molecule has 0 aliphatic rings. The van der Waals surface area contributed by atoms with E-state index in [1.807, 2.05) is 10.9 Å². The van der Waals surface area contributed by atoms with Gasteiger partial charge in [0, 0.05) is 16.3 Å². The molecule has 0 spiro atoms. The van der Waals surface area contributed by atoms with Gasteiger partial charge in [0.25, 0.3) is 0 Å². The number of carbonyl (C=O) groups excluding carboxylic acids is 2. The van der Waals surface area contributed by atoms with Gasteiger partial charge in [-0.05, 0) is 12.8 Å². The summed E-state index contributed by atoms with van der Waals surface area (Å²) in [6.07, 6.45) is 1.95. The molecule has 0 aliphatic heterocycles. The van der Waals surface area contributed by atoms with Crippen molar-refractivity contribution in [3.63, 3.8) is 0 Å². The highest BCUT2D eigenvalue weighted by Gasteiger charge is 2.11. The fourth-order valence-electron chi connectivity index (χ4n) is 0.715. The Morgan fingerprint density at radius 3 is 1.41 bits per heavy atom. The highest BCUT2D eigenvalue weighted by Crippen LogP contribution is 1.98. The van der Waals surface area contributed by atoms with Crippen molar-refractivity contribution in [3.05, 3.63) is 0 Å². The van der Waals surface area contributed by atoms with E-state index in [1.54, 1.807) is 0 Å². The van der Waals surface area contributed by atoms with Gasteiger partial charge < -0.3 is 0 Å². The number of unbranched alkanes of at least 4 members (excludes halogenated alkanes) is 1. The number of carbonyl (C=O) groups is 2. The summed E-state index contributed by atoms with van der Waals surface area (Å²) in [5, 5.41) is 0. The lowest BCUT2D eigenvalue weighted by Gasteiger charge is -1.99. The minimum Gasteiger partial charge on any atom is -0.294 e. The van der Waals surface area contributed by atoms with Gasteiger partial charge in [0.05, 0.1) is 0 Å². The minimum atomic E-state index is -5.69. The van der Waals surface area contributed by atoms with Crippen LogP contribution in [0, 0.1) is 0 Å². The van der Waals surface area contributed by atoms with Crippen molar-refractivity contribution in [1.29, 1.82) is 0 Å². The summed E-state index contributed by atoms with van der Waals surface area (Å²) in [5.41, 5.74) is 4.01. The second kappa shape index (κ2) is 10.6. The van der Waals surface area contributed by atoms with Gasteiger partial charge in [0.1, 0.15) is 0 Å². The molecule has 0 unspecified atom stereocenters. The monoisotopic (exact) mass is 366 g/mol. The van der Waals surface area contributed by atoms with Crippen molar-refractivity contribution in [2.75, 3.05) is 0 Å². The molecular weight excluding hydrogens is 351 g/mol. The van der Waals surface area contributed by atoms with Gasteiger partial charge in [-0.1, -0.05) is 0 Å². The normalized spacial score (nSPS) is 10.0. The topological polar surface area (TPSA) is 200 Å². The van der Waals surface area contributed by atoms with Crippen LogP contribution in [0.15, 0.2) is 0 Å². The van der Waals surface area contributed by atoms with E-state index >= 15 is 0 Å². The first-order valence-corrected chi connectivity index (χ1v) is 7.93. The second-order valence-electron chi connectivity index (χ2n) is 2.74. The maximum absolute atomic E-state index is 10.6. The first kappa shape index (κ1) is 18.8. The molecule has 17 heavy (non-hydrogen) atoms. The maximum atomic E-state index is 10.6. The highest BCUT2D eigenvalue weighted by molar-refractivity contribution is 5.76. The Bertz CT molecular complexity index is 209. The Balaban J connectivity index is 0. The smallest absolute Gasteiger partial charge is 0.294 e. The molecule has 0 aromatic heterocycles. The standard InChI is InChI=1S/C6H14N4O2.HIO4/c7-9-5(11)3-1-2-4-6(12)10-8;2-1(3,4)5/h1-4,7-8H2,(H,9,11)(H,10,12);2H. The van der Waals surface area contributed by atoms with E-state index in [9.17, 15) is 9.59 Å². The van der Waals surface area contributed by atoms with Gasteiger partial charge in [0.15, 0.2) is 0 Å². The van der Waals surface area contributed by atoms with Crippen LogP contribution in [0.1, 0.15) is 25.7 Å². The minimum absolute atomic E-state index is 0.219. The zero-order valence-electron chi connectivity index (χ0n) is 8.85. The number of amides is 2. The van der Waals surface area contributed by atoms with Crippen molar-refractivity contribution >= 4 is 11.8 Å². The summed E-state index contributed by atoms with van der Waals surface area (Å²) >= 11 is -5.69. The Morgan fingerprint density at radius 2 is 1.24 bits per heavy atom. The van der Waals surface area contributed by atoms with Crippen LogP contribution in [0.2, 0.25) is 0 Å². The average Bonchev–Trinajstić information content (AvgIpc) is 2.21.